The molecule has 0 radical (unpaired) electrons. The SMILES string of the molecule is CCOOC.O=C(C(=O)c1ccccc1)c1ccccc1. The molecule has 0 heterocycles. The normalized spacial score (nSPS) is 9.43. The van der Waals surface area contributed by atoms with Crippen molar-refractivity contribution in [2.75, 3.05) is 13.7 Å². The van der Waals surface area contributed by atoms with Crippen LogP contribution in [0, 0.1) is 0 Å². The van der Waals surface area contributed by atoms with Crippen LogP contribution in [-0.2, 0) is 9.78 Å². The Morgan fingerprint density at radius 2 is 1.19 bits per heavy atom. The van der Waals surface area contributed by atoms with Gasteiger partial charge < -0.3 is 0 Å². The summed E-state index contributed by atoms with van der Waals surface area (Å²) in [6.45, 7) is 2.49. The molecule has 0 saturated carbocycles. The number of benzene rings is 2. The molecule has 21 heavy (non-hydrogen) atoms. The van der Waals surface area contributed by atoms with E-state index in [4.69, 9.17) is 0 Å². The number of carbonyl (C=O) groups is 2. The zero-order valence-corrected chi connectivity index (χ0v) is 12.1. The lowest BCUT2D eigenvalue weighted by molar-refractivity contribution is -0.268. The van der Waals surface area contributed by atoms with Gasteiger partial charge in [-0.2, -0.15) is 0 Å². The third kappa shape index (κ3) is 5.69. The summed E-state index contributed by atoms with van der Waals surface area (Å²) in [5.74, 6) is -0.932. The van der Waals surface area contributed by atoms with Gasteiger partial charge >= 0.3 is 0 Å². The number of rotatable bonds is 5. The van der Waals surface area contributed by atoms with Crippen molar-refractivity contribution in [2.24, 2.45) is 0 Å². The van der Waals surface area contributed by atoms with Crippen molar-refractivity contribution in [3.63, 3.8) is 0 Å². The van der Waals surface area contributed by atoms with Gasteiger partial charge in [0.15, 0.2) is 0 Å². The highest BCUT2D eigenvalue weighted by atomic mass is 17.2. The van der Waals surface area contributed by atoms with E-state index in [0.717, 1.165) is 0 Å². The molecule has 0 amide bonds. The Morgan fingerprint density at radius 1 is 0.810 bits per heavy atom. The Balaban J connectivity index is 0.000000383. The van der Waals surface area contributed by atoms with Crippen LogP contribution in [-0.4, -0.2) is 25.3 Å². The molecule has 4 nitrogen and oxygen atoms in total. The molecule has 2 aromatic carbocycles. The molecule has 0 fully saturated rings. The molecule has 110 valence electrons. The van der Waals surface area contributed by atoms with Gasteiger partial charge in [0.25, 0.3) is 0 Å². The molecular weight excluding hydrogens is 268 g/mol. The van der Waals surface area contributed by atoms with Crippen LogP contribution >= 0.6 is 0 Å². The van der Waals surface area contributed by atoms with E-state index in [1.807, 2.05) is 19.1 Å². The molecule has 0 aliphatic carbocycles. The Kier molecular flexibility index (Phi) is 7.64. The van der Waals surface area contributed by atoms with Crippen LogP contribution in [0.25, 0.3) is 0 Å². The van der Waals surface area contributed by atoms with Gasteiger partial charge in [0.2, 0.25) is 11.6 Å². The van der Waals surface area contributed by atoms with Crippen LogP contribution in [0.1, 0.15) is 27.6 Å². The van der Waals surface area contributed by atoms with Gasteiger partial charge in [-0.25, -0.2) is 9.78 Å². The summed E-state index contributed by atoms with van der Waals surface area (Å²) in [6.07, 6.45) is 0. The summed E-state index contributed by atoms with van der Waals surface area (Å²) in [4.78, 5) is 32.1. The van der Waals surface area contributed by atoms with Crippen molar-refractivity contribution < 1.29 is 19.4 Å². The average Bonchev–Trinajstić information content (AvgIpc) is 2.56. The predicted octanol–water partition coefficient (Wildman–Crippen LogP) is 3.34. The molecule has 0 spiro atoms. The fourth-order valence-electron chi connectivity index (χ4n) is 1.56. The highest BCUT2D eigenvalue weighted by Gasteiger charge is 2.16. The van der Waals surface area contributed by atoms with Crippen LogP contribution in [0.5, 0.6) is 0 Å². The van der Waals surface area contributed by atoms with Crippen LogP contribution in [0.2, 0.25) is 0 Å². The minimum atomic E-state index is -0.466. The van der Waals surface area contributed by atoms with Crippen molar-refractivity contribution in [3.05, 3.63) is 71.8 Å². The van der Waals surface area contributed by atoms with E-state index in [1.54, 1.807) is 48.5 Å². The highest BCUT2D eigenvalue weighted by molar-refractivity contribution is 6.49. The second kappa shape index (κ2) is 9.58. The van der Waals surface area contributed by atoms with Gasteiger partial charge in [0, 0.05) is 11.1 Å². The van der Waals surface area contributed by atoms with E-state index in [1.165, 1.54) is 7.11 Å². The van der Waals surface area contributed by atoms with E-state index in [2.05, 4.69) is 9.78 Å². The van der Waals surface area contributed by atoms with Gasteiger partial charge in [-0.3, -0.25) is 9.59 Å². The van der Waals surface area contributed by atoms with E-state index < -0.39 is 11.6 Å². The van der Waals surface area contributed by atoms with Crippen molar-refractivity contribution >= 4 is 11.6 Å². The number of hydrogen-bond acceptors (Lipinski definition) is 4. The Morgan fingerprint density at radius 3 is 1.43 bits per heavy atom. The summed E-state index contributed by atoms with van der Waals surface area (Å²) in [6, 6.07) is 17.2. The van der Waals surface area contributed by atoms with Gasteiger partial charge in [-0.1, -0.05) is 60.7 Å². The van der Waals surface area contributed by atoms with Crippen LogP contribution in [0.4, 0.5) is 0 Å². The molecule has 0 bridgehead atoms. The zero-order chi connectivity index (χ0) is 15.5. The second-order valence-corrected chi connectivity index (χ2v) is 3.96. The fraction of sp³-hybridized carbons (Fsp3) is 0.176. The van der Waals surface area contributed by atoms with Gasteiger partial charge in [-0.15, -0.1) is 0 Å². The first-order valence-electron chi connectivity index (χ1n) is 6.55. The molecule has 2 rings (SSSR count). The predicted molar refractivity (Wildman–Crippen MR) is 80.2 cm³/mol. The first-order valence-corrected chi connectivity index (χ1v) is 6.55. The molecule has 0 aromatic heterocycles. The van der Waals surface area contributed by atoms with Crippen LogP contribution < -0.4 is 0 Å². The molecule has 0 saturated heterocycles. The summed E-state index contributed by atoms with van der Waals surface area (Å²) in [5.41, 5.74) is 0.854. The number of carbonyl (C=O) groups excluding carboxylic acids is 2. The molecule has 4 heteroatoms. The van der Waals surface area contributed by atoms with Gasteiger partial charge in [0.05, 0.1) is 13.7 Å². The zero-order valence-electron chi connectivity index (χ0n) is 12.1. The van der Waals surface area contributed by atoms with Crippen molar-refractivity contribution in [1.82, 2.24) is 0 Å². The molecule has 0 aliphatic heterocycles. The lowest BCUT2D eigenvalue weighted by Crippen LogP contribution is -2.14. The van der Waals surface area contributed by atoms with E-state index >= 15 is 0 Å². The fourth-order valence-corrected chi connectivity index (χ4v) is 1.56. The maximum absolute atomic E-state index is 11.8. The third-order valence-electron chi connectivity index (χ3n) is 2.51. The van der Waals surface area contributed by atoms with Gasteiger partial charge in [-0.05, 0) is 6.92 Å². The van der Waals surface area contributed by atoms with E-state index in [-0.39, 0.29) is 0 Å². The molecule has 0 N–H and O–H groups in total. The lowest BCUT2D eigenvalue weighted by atomic mass is 10.0. The minimum absolute atomic E-state index is 0.427. The number of ketones is 2. The largest absolute Gasteiger partial charge is 0.285 e. The Labute approximate surface area is 124 Å². The molecule has 2 aromatic rings. The monoisotopic (exact) mass is 286 g/mol. The highest BCUT2D eigenvalue weighted by Crippen LogP contribution is 2.07. The van der Waals surface area contributed by atoms with Crippen LogP contribution in [0.3, 0.4) is 0 Å². The van der Waals surface area contributed by atoms with E-state index in [9.17, 15) is 9.59 Å². The van der Waals surface area contributed by atoms with Crippen LogP contribution in [0.15, 0.2) is 60.7 Å². The lowest BCUT2D eigenvalue weighted by Gasteiger charge is -1.99. The quantitative estimate of drug-likeness (QED) is 0.366. The van der Waals surface area contributed by atoms with Crippen molar-refractivity contribution in [1.29, 1.82) is 0 Å². The maximum atomic E-state index is 11.8. The molecule has 0 atom stereocenters. The Bertz CT molecular complexity index is 498. The topological polar surface area (TPSA) is 52.6 Å². The summed E-state index contributed by atoms with van der Waals surface area (Å²) < 4.78 is 0. The summed E-state index contributed by atoms with van der Waals surface area (Å²) in [5, 5.41) is 0. The summed E-state index contributed by atoms with van der Waals surface area (Å²) in [7, 11) is 1.49. The van der Waals surface area contributed by atoms with E-state index in [0.29, 0.717) is 17.7 Å². The Hall–Kier alpha value is -2.30. The molecule has 0 aliphatic rings. The maximum Gasteiger partial charge on any atom is 0.233 e. The summed E-state index contributed by atoms with van der Waals surface area (Å²) >= 11 is 0. The smallest absolute Gasteiger partial charge is 0.233 e. The number of Topliss-reactive ketones (excluding diaryl/α,β-unsaturated/α-hetero) is 2. The number of hydrogen-bond donors (Lipinski definition) is 0. The second-order valence-electron chi connectivity index (χ2n) is 3.96. The molecular formula is C17H18O4. The average molecular weight is 286 g/mol. The van der Waals surface area contributed by atoms with Crippen molar-refractivity contribution in [2.45, 2.75) is 6.92 Å². The standard InChI is InChI=1S/C14H10O2.C3H8O2/c15-13(11-7-3-1-4-8-11)14(16)12-9-5-2-6-10-12;1-3-5-4-2/h1-10H;3H2,1-2H3. The molecule has 0 unspecified atom stereocenters. The first-order chi connectivity index (χ1) is 10.2. The first kappa shape index (κ1) is 16.8. The third-order valence-corrected chi connectivity index (χ3v) is 2.51. The van der Waals surface area contributed by atoms with Gasteiger partial charge in [0.1, 0.15) is 0 Å². The van der Waals surface area contributed by atoms with Crippen molar-refractivity contribution in [3.8, 4) is 0 Å². The minimum Gasteiger partial charge on any atom is -0.285 e.